The minimum absolute atomic E-state index is 0.101. The molecule has 1 aliphatic carbocycles. The molecule has 4 rings (SSSR count). The molecule has 0 aromatic carbocycles. The van der Waals surface area contributed by atoms with Gasteiger partial charge in [0.05, 0.1) is 6.04 Å². The smallest absolute Gasteiger partial charge is 0.223 e. The SMILES string of the molecule is CCC(CC1CCC(C)N1CC[C@H](NC(=O)C1CCCC1)c1sc(C)c(C)c1C)n1c(C)nnc1C(C)C. The average molecular weight is 542 g/mol. The van der Waals surface area contributed by atoms with E-state index >= 15 is 0 Å². The third kappa shape index (κ3) is 6.19. The molecule has 3 heterocycles. The number of aromatic nitrogens is 3. The van der Waals surface area contributed by atoms with Gasteiger partial charge in [-0.2, -0.15) is 0 Å². The molecule has 1 saturated heterocycles. The molecule has 0 radical (unpaired) electrons. The lowest BCUT2D eigenvalue weighted by molar-refractivity contribution is -0.125. The van der Waals surface area contributed by atoms with Crippen molar-refractivity contribution in [3.8, 4) is 0 Å². The minimum atomic E-state index is 0.101. The topological polar surface area (TPSA) is 63.1 Å². The van der Waals surface area contributed by atoms with Crippen molar-refractivity contribution in [3.63, 3.8) is 0 Å². The second kappa shape index (κ2) is 12.6. The van der Waals surface area contributed by atoms with Gasteiger partial charge in [-0.15, -0.1) is 21.5 Å². The third-order valence-electron chi connectivity index (χ3n) is 9.50. The first-order valence-corrected chi connectivity index (χ1v) is 16.0. The van der Waals surface area contributed by atoms with Crippen LogP contribution in [0.5, 0.6) is 0 Å². The summed E-state index contributed by atoms with van der Waals surface area (Å²) >= 11 is 1.89. The average Bonchev–Trinajstić information content (AvgIpc) is 3.67. The van der Waals surface area contributed by atoms with Crippen molar-refractivity contribution in [2.75, 3.05) is 6.54 Å². The van der Waals surface area contributed by atoms with Crippen molar-refractivity contribution >= 4 is 17.2 Å². The molecule has 6 nitrogen and oxygen atoms in total. The van der Waals surface area contributed by atoms with Crippen molar-refractivity contribution in [3.05, 3.63) is 32.5 Å². The predicted octanol–water partition coefficient (Wildman–Crippen LogP) is 7.33. The number of thiophene rings is 1. The van der Waals surface area contributed by atoms with Crippen molar-refractivity contribution in [2.45, 2.75) is 143 Å². The van der Waals surface area contributed by atoms with E-state index in [1.54, 1.807) is 0 Å². The summed E-state index contributed by atoms with van der Waals surface area (Å²) in [6.45, 7) is 18.9. The van der Waals surface area contributed by atoms with E-state index in [0.29, 0.717) is 24.0 Å². The largest absolute Gasteiger partial charge is 0.348 e. The van der Waals surface area contributed by atoms with Crippen LogP contribution in [-0.2, 0) is 4.79 Å². The summed E-state index contributed by atoms with van der Waals surface area (Å²) in [5.74, 6) is 2.99. The lowest BCUT2D eigenvalue weighted by Gasteiger charge is -2.33. The van der Waals surface area contributed by atoms with Crippen LogP contribution in [0.2, 0.25) is 0 Å². The molecular weight excluding hydrogens is 490 g/mol. The number of hydrogen-bond acceptors (Lipinski definition) is 5. The highest BCUT2D eigenvalue weighted by atomic mass is 32.1. The maximum absolute atomic E-state index is 13.3. The quantitative estimate of drug-likeness (QED) is 0.323. The van der Waals surface area contributed by atoms with E-state index in [1.807, 2.05) is 11.3 Å². The van der Waals surface area contributed by atoms with Gasteiger partial charge in [0.25, 0.3) is 0 Å². The van der Waals surface area contributed by atoms with Gasteiger partial charge in [-0.1, -0.05) is 33.6 Å². The Kier molecular flexibility index (Phi) is 9.72. The molecule has 2 aliphatic rings. The number of hydrogen-bond donors (Lipinski definition) is 1. The standard InChI is InChI=1S/C31H51N5OS/c1-9-26(36-24(8)33-34-30(36)19(2)3)18-27-15-14-20(4)35(27)17-16-28(29-22(6)21(5)23(7)38-29)32-31(37)25-12-10-11-13-25/h19-20,25-28H,9-18H2,1-8H3,(H,32,37)/t20?,26?,27?,28-/m0/s1. The molecule has 1 aliphatic heterocycles. The number of carbonyl (C=O) groups is 1. The Bertz CT molecular complexity index is 1080. The maximum atomic E-state index is 13.3. The zero-order valence-corrected chi connectivity index (χ0v) is 26.0. The molecule has 0 spiro atoms. The van der Waals surface area contributed by atoms with Crippen LogP contribution in [0.15, 0.2) is 0 Å². The molecule has 2 fully saturated rings. The summed E-state index contributed by atoms with van der Waals surface area (Å²) in [5, 5.41) is 12.5. The van der Waals surface area contributed by atoms with Gasteiger partial charge >= 0.3 is 0 Å². The van der Waals surface area contributed by atoms with E-state index in [0.717, 1.165) is 50.3 Å². The van der Waals surface area contributed by atoms with E-state index in [9.17, 15) is 4.79 Å². The number of carbonyl (C=O) groups excluding carboxylic acids is 1. The monoisotopic (exact) mass is 541 g/mol. The van der Waals surface area contributed by atoms with E-state index in [2.05, 4.69) is 80.4 Å². The van der Waals surface area contributed by atoms with Crippen LogP contribution in [0.25, 0.3) is 0 Å². The Morgan fingerprint density at radius 3 is 2.37 bits per heavy atom. The van der Waals surface area contributed by atoms with Crippen LogP contribution in [0, 0.1) is 33.6 Å². The molecule has 38 heavy (non-hydrogen) atoms. The normalized spacial score (nSPS) is 22.4. The zero-order valence-electron chi connectivity index (χ0n) is 25.1. The van der Waals surface area contributed by atoms with Gasteiger partial charge < -0.3 is 9.88 Å². The Balaban J connectivity index is 1.50. The Labute approximate surface area is 235 Å². The summed E-state index contributed by atoms with van der Waals surface area (Å²) < 4.78 is 2.41. The lowest BCUT2D eigenvalue weighted by Crippen LogP contribution is -2.40. The van der Waals surface area contributed by atoms with Crippen molar-refractivity contribution < 1.29 is 4.79 Å². The fourth-order valence-electron chi connectivity index (χ4n) is 6.90. The first-order chi connectivity index (χ1) is 18.1. The summed E-state index contributed by atoms with van der Waals surface area (Å²) in [6, 6.07) is 1.64. The molecule has 4 atom stereocenters. The Morgan fingerprint density at radius 1 is 1.05 bits per heavy atom. The van der Waals surface area contributed by atoms with E-state index in [4.69, 9.17) is 0 Å². The summed E-state index contributed by atoms with van der Waals surface area (Å²) in [6.07, 6.45) is 10.2. The van der Waals surface area contributed by atoms with Crippen molar-refractivity contribution in [1.82, 2.24) is 25.0 Å². The first kappa shape index (κ1) is 29.3. The molecule has 1 saturated carbocycles. The number of amides is 1. The number of rotatable bonds is 11. The van der Waals surface area contributed by atoms with Gasteiger partial charge in [0.2, 0.25) is 5.91 Å². The molecule has 1 N–H and O–H groups in total. The summed E-state index contributed by atoms with van der Waals surface area (Å²) in [5.41, 5.74) is 2.75. The lowest BCUT2D eigenvalue weighted by atomic mass is 10.00. The van der Waals surface area contributed by atoms with Gasteiger partial charge in [0.15, 0.2) is 0 Å². The molecule has 0 bridgehead atoms. The van der Waals surface area contributed by atoms with Crippen LogP contribution < -0.4 is 5.32 Å². The number of aryl methyl sites for hydroxylation is 2. The fraction of sp³-hybridized carbons (Fsp3) is 0.774. The molecule has 7 heteroatoms. The van der Waals surface area contributed by atoms with E-state index < -0.39 is 0 Å². The Morgan fingerprint density at radius 2 is 1.76 bits per heavy atom. The number of likely N-dealkylation sites (tertiary alicyclic amines) is 1. The second-order valence-electron chi connectivity index (χ2n) is 12.3. The summed E-state index contributed by atoms with van der Waals surface area (Å²) in [7, 11) is 0. The number of nitrogens with one attached hydrogen (secondary N) is 1. The van der Waals surface area contributed by atoms with Crippen LogP contribution in [0.3, 0.4) is 0 Å². The molecule has 1 amide bonds. The first-order valence-electron chi connectivity index (χ1n) is 15.2. The maximum Gasteiger partial charge on any atom is 0.223 e. The molecule has 2 aromatic rings. The van der Waals surface area contributed by atoms with E-state index in [-0.39, 0.29) is 17.9 Å². The second-order valence-corrected chi connectivity index (χ2v) is 13.6. The van der Waals surface area contributed by atoms with Gasteiger partial charge in [0.1, 0.15) is 11.6 Å². The highest BCUT2D eigenvalue weighted by Gasteiger charge is 2.35. The zero-order chi connectivity index (χ0) is 27.6. The Hall–Kier alpha value is -1.73. The van der Waals surface area contributed by atoms with Gasteiger partial charge in [-0.3, -0.25) is 9.69 Å². The predicted molar refractivity (Wildman–Crippen MR) is 158 cm³/mol. The molecule has 212 valence electrons. The van der Waals surface area contributed by atoms with Crippen LogP contribution in [0.4, 0.5) is 0 Å². The highest BCUT2D eigenvalue weighted by molar-refractivity contribution is 7.12. The van der Waals surface area contributed by atoms with Crippen LogP contribution in [0.1, 0.15) is 136 Å². The number of nitrogens with zero attached hydrogens (tertiary/aromatic N) is 4. The molecule has 2 aromatic heterocycles. The van der Waals surface area contributed by atoms with Gasteiger partial charge in [-0.05, 0) is 90.7 Å². The van der Waals surface area contributed by atoms with Gasteiger partial charge in [-0.25, -0.2) is 0 Å². The summed E-state index contributed by atoms with van der Waals surface area (Å²) in [4.78, 5) is 18.7. The van der Waals surface area contributed by atoms with Crippen molar-refractivity contribution in [2.24, 2.45) is 5.92 Å². The third-order valence-corrected chi connectivity index (χ3v) is 10.9. The fourth-order valence-corrected chi connectivity index (χ4v) is 8.17. The highest BCUT2D eigenvalue weighted by Crippen LogP contribution is 2.37. The van der Waals surface area contributed by atoms with Gasteiger partial charge in [0, 0.05) is 46.3 Å². The molecule has 3 unspecified atom stereocenters. The van der Waals surface area contributed by atoms with Crippen LogP contribution in [-0.4, -0.2) is 44.2 Å². The molecular formula is C31H51N5OS. The van der Waals surface area contributed by atoms with Crippen LogP contribution >= 0.6 is 11.3 Å². The van der Waals surface area contributed by atoms with E-state index in [1.165, 1.54) is 46.6 Å². The van der Waals surface area contributed by atoms with Crippen molar-refractivity contribution in [1.29, 1.82) is 0 Å². The minimum Gasteiger partial charge on any atom is -0.348 e.